The normalized spacial score (nSPS) is 13.0. The largest absolute Gasteiger partial charge is 0.380 e. The highest BCUT2D eigenvalue weighted by Crippen LogP contribution is 2.29. The van der Waals surface area contributed by atoms with Gasteiger partial charge in [-0.2, -0.15) is 0 Å². The molecule has 1 N–H and O–H groups in total. The molecule has 0 amide bonds. The van der Waals surface area contributed by atoms with Crippen LogP contribution in [0, 0.1) is 0 Å². The molecule has 0 spiro atoms. The topological polar surface area (TPSA) is 37.3 Å². The Morgan fingerprint density at radius 3 is 2.10 bits per heavy atom. The van der Waals surface area contributed by atoms with Crippen LogP contribution in [0.4, 0.5) is 0 Å². The lowest BCUT2D eigenvalue weighted by molar-refractivity contribution is 0.0745. The zero-order valence-corrected chi connectivity index (χ0v) is 12.1. The van der Waals surface area contributed by atoms with E-state index in [1.807, 2.05) is 36.4 Å². The van der Waals surface area contributed by atoms with Gasteiger partial charge in [-0.05, 0) is 16.5 Å². The number of carbonyl (C=O) groups excluding carboxylic acids is 1. The van der Waals surface area contributed by atoms with Crippen molar-refractivity contribution in [1.29, 1.82) is 0 Å². The van der Waals surface area contributed by atoms with Gasteiger partial charge < -0.3 is 5.11 Å². The molecule has 0 radical (unpaired) electrons. The molecule has 0 aromatic heterocycles. The van der Waals surface area contributed by atoms with E-state index >= 15 is 0 Å². The van der Waals surface area contributed by atoms with E-state index < -0.39 is 6.10 Å². The Bertz CT molecular complexity index is 594. The van der Waals surface area contributed by atoms with Crippen LogP contribution < -0.4 is 0 Å². The van der Waals surface area contributed by atoms with Crippen molar-refractivity contribution in [2.75, 3.05) is 0 Å². The minimum atomic E-state index is -1.11. The lowest BCUT2D eigenvalue weighted by Crippen LogP contribution is -2.20. The van der Waals surface area contributed by atoms with Gasteiger partial charge in [0.05, 0.1) is 0 Å². The van der Waals surface area contributed by atoms with E-state index in [0.29, 0.717) is 11.1 Å². The Kier molecular flexibility index (Phi) is 4.05. The molecule has 104 valence electrons. The van der Waals surface area contributed by atoms with Gasteiger partial charge in [0, 0.05) is 5.56 Å². The van der Waals surface area contributed by atoms with Gasteiger partial charge in [-0.15, -0.1) is 0 Å². The van der Waals surface area contributed by atoms with Gasteiger partial charge in [-0.3, -0.25) is 4.79 Å². The fraction of sp³-hybridized carbons (Fsp3) is 0.278. The average Bonchev–Trinajstić information content (AvgIpc) is 2.46. The average molecular weight is 268 g/mol. The number of hydrogen-bond acceptors (Lipinski definition) is 2. The molecule has 2 aromatic rings. The SMILES string of the molecule is CC(C)(C)c1ccccc1C(=O)C(O)c1ccccc1. The van der Waals surface area contributed by atoms with Crippen molar-refractivity contribution in [3.63, 3.8) is 0 Å². The summed E-state index contributed by atoms with van der Waals surface area (Å²) in [6.45, 7) is 6.19. The maximum Gasteiger partial charge on any atom is 0.196 e. The Morgan fingerprint density at radius 1 is 0.950 bits per heavy atom. The van der Waals surface area contributed by atoms with Crippen LogP contribution in [0.25, 0.3) is 0 Å². The van der Waals surface area contributed by atoms with E-state index in [1.165, 1.54) is 0 Å². The number of ketones is 1. The smallest absolute Gasteiger partial charge is 0.196 e. The van der Waals surface area contributed by atoms with E-state index in [9.17, 15) is 9.90 Å². The maximum absolute atomic E-state index is 12.6. The monoisotopic (exact) mass is 268 g/mol. The third-order valence-corrected chi connectivity index (χ3v) is 3.36. The molecule has 0 fully saturated rings. The van der Waals surface area contributed by atoms with Crippen molar-refractivity contribution in [3.05, 3.63) is 71.3 Å². The minimum Gasteiger partial charge on any atom is -0.380 e. The summed E-state index contributed by atoms with van der Waals surface area (Å²) in [5.41, 5.74) is 2.04. The second kappa shape index (κ2) is 5.59. The number of carbonyl (C=O) groups is 1. The first-order valence-corrected chi connectivity index (χ1v) is 6.78. The van der Waals surface area contributed by atoms with Crippen LogP contribution in [-0.4, -0.2) is 10.9 Å². The van der Waals surface area contributed by atoms with E-state index in [1.54, 1.807) is 18.2 Å². The maximum atomic E-state index is 12.6. The molecule has 0 aliphatic heterocycles. The third-order valence-electron chi connectivity index (χ3n) is 3.36. The van der Waals surface area contributed by atoms with Crippen molar-refractivity contribution >= 4 is 5.78 Å². The molecule has 1 atom stereocenters. The van der Waals surface area contributed by atoms with E-state index in [-0.39, 0.29) is 11.2 Å². The number of aliphatic hydroxyl groups excluding tert-OH is 1. The second-order valence-electron chi connectivity index (χ2n) is 5.97. The fourth-order valence-corrected chi connectivity index (χ4v) is 2.29. The number of aliphatic hydroxyl groups is 1. The van der Waals surface area contributed by atoms with E-state index in [4.69, 9.17) is 0 Å². The zero-order valence-electron chi connectivity index (χ0n) is 12.1. The Labute approximate surface area is 120 Å². The Balaban J connectivity index is 2.40. The van der Waals surface area contributed by atoms with Crippen LogP contribution in [-0.2, 0) is 5.41 Å². The molecule has 1 unspecified atom stereocenters. The van der Waals surface area contributed by atoms with Crippen LogP contribution in [0.2, 0.25) is 0 Å². The van der Waals surface area contributed by atoms with Gasteiger partial charge in [-0.25, -0.2) is 0 Å². The molecule has 2 aromatic carbocycles. The van der Waals surface area contributed by atoms with Gasteiger partial charge in [-0.1, -0.05) is 75.4 Å². The molecule has 0 aliphatic carbocycles. The van der Waals surface area contributed by atoms with Crippen LogP contribution in [0.5, 0.6) is 0 Å². The molecule has 0 saturated carbocycles. The molecular formula is C18H20O2. The predicted molar refractivity (Wildman–Crippen MR) is 80.9 cm³/mol. The summed E-state index contributed by atoms with van der Waals surface area (Å²) in [6.07, 6.45) is -1.11. The summed E-state index contributed by atoms with van der Waals surface area (Å²) in [7, 11) is 0. The van der Waals surface area contributed by atoms with Crippen LogP contribution in [0.1, 0.15) is 48.4 Å². The number of rotatable bonds is 3. The lowest BCUT2D eigenvalue weighted by atomic mass is 9.81. The summed E-state index contributed by atoms with van der Waals surface area (Å²) < 4.78 is 0. The molecular weight excluding hydrogens is 248 g/mol. The second-order valence-corrected chi connectivity index (χ2v) is 5.97. The van der Waals surface area contributed by atoms with Crippen molar-refractivity contribution in [2.45, 2.75) is 32.3 Å². The molecule has 0 saturated heterocycles. The molecule has 2 heteroatoms. The van der Waals surface area contributed by atoms with Gasteiger partial charge in [0.25, 0.3) is 0 Å². The number of Topliss-reactive ketones (excluding diaryl/α,β-unsaturated/α-hetero) is 1. The summed E-state index contributed by atoms with van der Waals surface area (Å²) in [5, 5.41) is 10.3. The van der Waals surface area contributed by atoms with Crippen molar-refractivity contribution < 1.29 is 9.90 Å². The van der Waals surface area contributed by atoms with Gasteiger partial charge in [0.2, 0.25) is 0 Å². The molecule has 0 heterocycles. The molecule has 0 aliphatic rings. The first-order chi connectivity index (χ1) is 9.41. The molecule has 2 rings (SSSR count). The van der Waals surface area contributed by atoms with Crippen LogP contribution >= 0.6 is 0 Å². The van der Waals surface area contributed by atoms with Crippen molar-refractivity contribution in [3.8, 4) is 0 Å². The lowest BCUT2D eigenvalue weighted by Gasteiger charge is -2.23. The van der Waals surface area contributed by atoms with E-state index in [2.05, 4.69) is 20.8 Å². The van der Waals surface area contributed by atoms with Crippen LogP contribution in [0.3, 0.4) is 0 Å². The third kappa shape index (κ3) is 2.97. The van der Waals surface area contributed by atoms with Gasteiger partial charge in [0.1, 0.15) is 6.10 Å². The Morgan fingerprint density at radius 2 is 1.50 bits per heavy atom. The summed E-state index contributed by atoms with van der Waals surface area (Å²) in [6, 6.07) is 16.5. The van der Waals surface area contributed by atoms with Crippen LogP contribution in [0.15, 0.2) is 54.6 Å². The van der Waals surface area contributed by atoms with Crippen molar-refractivity contribution in [2.24, 2.45) is 0 Å². The standard InChI is InChI=1S/C18H20O2/c1-18(2,3)15-12-8-7-11-14(15)17(20)16(19)13-9-5-4-6-10-13/h4-12,16,19H,1-3H3. The Hall–Kier alpha value is -1.93. The first kappa shape index (κ1) is 14.5. The number of hydrogen-bond donors (Lipinski definition) is 1. The number of benzene rings is 2. The minimum absolute atomic E-state index is 0.136. The highest BCUT2D eigenvalue weighted by molar-refractivity contribution is 6.01. The quantitative estimate of drug-likeness (QED) is 0.857. The van der Waals surface area contributed by atoms with Gasteiger partial charge in [0.15, 0.2) is 5.78 Å². The summed E-state index contributed by atoms with van der Waals surface area (Å²) in [4.78, 5) is 12.6. The first-order valence-electron chi connectivity index (χ1n) is 6.78. The van der Waals surface area contributed by atoms with Gasteiger partial charge >= 0.3 is 0 Å². The highest BCUT2D eigenvalue weighted by atomic mass is 16.3. The highest BCUT2D eigenvalue weighted by Gasteiger charge is 2.25. The molecule has 2 nitrogen and oxygen atoms in total. The molecule has 20 heavy (non-hydrogen) atoms. The molecule has 0 bridgehead atoms. The fourth-order valence-electron chi connectivity index (χ4n) is 2.29. The summed E-state index contributed by atoms with van der Waals surface area (Å²) in [5.74, 6) is -0.248. The van der Waals surface area contributed by atoms with E-state index in [0.717, 1.165) is 5.56 Å². The summed E-state index contributed by atoms with van der Waals surface area (Å²) >= 11 is 0. The zero-order chi connectivity index (χ0) is 14.8. The predicted octanol–water partition coefficient (Wildman–Crippen LogP) is 3.90. The van der Waals surface area contributed by atoms with Crippen molar-refractivity contribution in [1.82, 2.24) is 0 Å².